The number of aryl methyl sites for hydroxylation is 1. The zero-order valence-electron chi connectivity index (χ0n) is 14.1. The van der Waals surface area contributed by atoms with E-state index in [4.69, 9.17) is 4.74 Å². The van der Waals surface area contributed by atoms with Crippen LogP contribution in [-0.2, 0) is 13.5 Å². The van der Waals surface area contributed by atoms with Gasteiger partial charge in [-0.3, -0.25) is 9.59 Å². The molecule has 0 N–H and O–H groups in total. The third-order valence-electron chi connectivity index (χ3n) is 4.62. The van der Waals surface area contributed by atoms with Gasteiger partial charge < -0.3 is 14.2 Å². The topological polar surface area (TPSA) is 51.5 Å². The largest absolute Gasteiger partial charge is 0.496 e. The second-order valence-electron chi connectivity index (χ2n) is 6.18. The van der Waals surface area contributed by atoms with Crippen LogP contribution in [-0.4, -0.2) is 35.1 Å². The predicted molar refractivity (Wildman–Crippen MR) is 92.4 cm³/mol. The van der Waals surface area contributed by atoms with Crippen LogP contribution in [0.25, 0.3) is 0 Å². The van der Waals surface area contributed by atoms with Gasteiger partial charge in [0.05, 0.1) is 12.7 Å². The van der Waals surface area contributed by atoms with E-state index in [2.05, 4.69) is 0 Å². The van der Waals surface area contributed by atoms with Crippen LogP contribution in [0.15, 0.2) is 47.4 Å². The van der Waals surface area contributed by atoms with E-state index in [-0.39, 0.29) is 17.5 Å². The number of amides is 1. The summed E-state index contributed by atoms with van der Waals surface area (Å²) < 4.78 is 6.87. The molecule has 1 atom stereocenters. The third-order valence-corrected chi connectivity index (χ3v) is 4.62. The number of hydrogen-bond acceptors (Lipinski definition) is 3. The highest BCUT2D eigenvalue weighted by molar-refractivity contribution is 5.94. The Morgan fingerprint density at radius 2 is 2.04 bits per heavy atom. The van der Waals surface area contributed by atoms with Crippen LogP contribution in [0.5, 0.6) is 5.75 Å². The Morgan fingerprint density at radius 1 is 1.25 bits per heavy atom. The molecule has 2 aromatic rings. The minimum atomic E-state index is -0.112. The highest BCUT2D eigenvalue weighted by Crippen LogP contribution is 2.27. The van der Waals surface area contributed by atoms with Crippen molar-refractivity contribution in [3.8, 4) is 5.75 Å². The maximum atomic E-state index is 12.8. The number of benzene rings is 1. The number of methoxy groups -OCH3 is 1. The first-order chi connectivity index (χ1) is 11.6. The maximum Gasteiger partial charge on any atom is 0.255 e. The van der Waals surface area contributed by atoms with Gasteiger partial charge in [0.15, 0.2) is 0 Å². The lowest BCUT2D eigenvalue weighted by atomic mass is 10.0. The number of carbonyl (C=O) groups excluding carboxylic acids is 1. The van der Waals surface area contributed by atoms with Gasteiger partial charge in [-0.05, 0) is 37.0 Å². The summed E-state index contributed by atoms with van der Waals surface area (Å²) in [5.74, 6) is 0.849. The SMILES string of the molecule is COc1ccccc1C[C@H]1CCCN1C(=O)c1ccc(=O)n(C)c1. The fraction of sp³-hybridized carbons (Fsp3) is 0.368. The van der Waals surface area contributed by atoms with Crippen LogP contribution in [0.3, 0.4) is 0 Å². The number of hydrogen-bond donors (Lipinski definition) is 0. The highest BCUT2D eigenvalue weighted by Gasteiger charge is 2.30. The number of nitrogens with zero attached hydrogens (tertiary/aromatic N) is 2. The molecule has 3 rings (SSSR count). The van der Waals surface area contributed by atoms with Crippen molar-refractivity contribution in [1.29, 1.82) is 0 Å². The first-order valence-electron chi connectivity index (χ1n) is 8.19. The average Bonchev–Trinajstić information content (AvgIpc) is 3.05. The molecular formula is C19H22N2O3. The zero-order valence-corrected chi connectivity index (χ0v) is 14.1. The summed E-state index contributed by atoms with van der Waals surface area (Å²) in [6, 6.07) is 11.2. The molecule has 1 amide bonds. The van der Waals surface area contributed by atoms with Gasteiger partial charge in [0.1, 0.15) is 5.75 Å². The van der Waals surface area contributed by atoms with Crippen molar-refractivity contribution in [2.75, 3.05) is 13.7 Å². The standard InChI is InChI=1S/C19H22N2O3/c1-20-13-15(9-10-18(20)22)19(23)21-11-5-7-16(21)12-14-6-3-4-8-17(14)24-2/h3-4,6,8-10,13,16H,5,7,11-12H2,1-2H3/t16-/m1/s1. The van der Waals surface area contributed by atoms with Crippen molar-refractivity contribution in [1.82, 2.24) is 9.47 Å². The number of ether oxygens (including phenoxy) is 1. The molecular weight excluding hydrogens is 304 g/mol. The summed E-state index contributed by atoms with van der Waals surface area (Å²) in [4.78, 5) is 26.3. The van der Waals surface area contributed by atoms with E-state index in [1.165, 1.54) is 10.6 Å². The van der Waals surface area contributed by atoms with E-state index >= 15 is 0 Å². The molecule has 2 heterocycles. The molecule has 1 aromatic heterocycles. The molecule has 1 fully saturated rings. The fourth-order valence-corrected chi connectivity index (χ4v) is 3.33. The Labute approximate surface area is 141 Å². The Morgan fingerprint density at radius 3 is 2.79 bits per heavy atom. The summed E-state index contributed by atoms with van der Waals surface area (Å²) in [6.45, 7) is 0.751. The van der Waals surface area contributed by atoms with Crippen molar-refractivity contribution >= 4 is 5.91 Å². The lowest BCUT2D eigenvalue weighted by Gasteiger charge is -2.25. The number of carbonyl (C=O) groups is 1. The molecule has 0 aliphatic carbocycles. The third kappa shape index (κ3) is 3.20. The Bertz CT molecular complexity index is 797. The molecule has 0 radical (unpaired) electrons. The zero-order chi connectivity index (χ0) is 17.1. The number of rotatable bonds is 4. The van der Waals surface area contributed by atoms with Gasteiger partial charge in [0, 0.05) is 31.9 Å². The molecule has 0 unspecified atom stereocenters. The minimum Gasteiger partial charge on any atom is -0.496 e. The second-order valence-corrected chi connectivity index (χ2v) is 6.18. The van der Waals surface area contributed by atoms with Crippen molar-refractivity contribution < 1.29 is 9.53 Å². The van der Waals surface area contributed by atoms with Crippen LogP contribution in [0, 0.1) is 0 Å². The molecule has 1 saturated heterocycles. The normalized spacial score (nSPS) is 17.1. The highest BCUT2D eigenvalue weighted by atomic mass is 16.5. The molecule has 0 bridgehead atoms. The van der Waals surface area contributed by atoms with Crippen LogP contribution < -0.4 is 10.3 Å². The van der Waals surface area contributed by atoms with Gasteiger partial charge in [-0.15, -0.1) is 0 Å². The van der Waals surface area contributed by atoms with Crippen molar-refractivity contribution in [2.45, 2.75) is 25.3 Å². The number of aromatic nitrogens is 1. The first kappa shape index (κ1) is 16.3. The van der Waals surface area contributed by atoms with E-state index in [1.807, 2.05) is 29.2 Å². The lowest BCUT2D eigenvalue weighted by molar-refractivity contribution is 0.0735. The molecule has 126 valence electrons. The summed E-state index contributed by atoms with van der Waals surface area (Å²) >= 11 is 0. The molecule has 1 aliphatic rings. The predicted octanol–water partition coefficient (Wildman–Crippen LogP) is 2.24. The van der Waals surface area contributed by atoms with Crippen molar-refractivity contribution in [3.63, 3.8) is 0 Å². The van der Waals surface area contributed by atoms with Gasteiger partial charge in [-0.1, -0.05) is 18.2 Å². The molecule has 1 aliphatic heterocycles. The Balaban J connectivity index is 1.81. The second kappa shape index (κ2) is 6.91. The van der Waals surface area contributed by atoms with Gasteiger partial charge in [-0.2, -0.15) is 0 Å². The number of pyridine rings is 1. The summed E-state index contributed by atoms with van der Waals surface area (Å²) in [5, 5.41) is 0. The summed E-state index contributed by atoms with van der Waals surface area (Å²) in [5.41, 5.74) is 1.56. The Hall–Kier alpha value is -2.56. The van der Waals surface area contributed by atoms with Crippen LogP contribution in [0.2, 0.25) is 0 Å². The van der Waals surface area contributed by atoms with Crippen LogP contribution >= 0.6 is 0 Å². The monoisotopic (exact) mass is 326 g/mol. The van der Waals surface area contributed by atoms with E-state index in [0.29, 0.717) is 5.56 Å². The average molecular weight is 326 g/mol. The first-order valence-corrected chi connectivity index (χ1v) is 8.19. The van der Waals surface area contributed by atoms with Crippen LogP contribution in [0.1, 0.15) is 28.8 Å². The summed E-state index contributed by atoms with van der Waals surface area (Å²) in [7, 11) is 3.33. The number of likely N-dealkylation sites (tertiary alicyclic amines) is 1. The van der Waals surface area contributed by atoms with E-state index in [1.54, 1.807) is 26.4 Å². The molecule has 1 aromatic carbocycles. The van der Waals surface area contributed by atoms with Crippen molar-refractivity contribution in [2.24, 2.45) is 7.05 Å². The fourth-order valence-electron chi connectivity index (χ4n) is 3.33. The van der Waals surface area contributed by atoms with Gasteiger partial charge in [0.25, 0.3) is 5.91 Å². The lowest BCUT2D eigenvalue weighted by Crippen LogP contribution is -2.37. The van der Waals surface area contributed by atoms with Gasteiger partial charge in [-0.25, -0.2) is 0 Å². The van der Waals surface area contributed by atoms with E-state index in [0.717, 1.165) is 37.1 Å². The smallest absolute Gasteiger partial charge is 0.255 e. The molecule has 0 saturated carbocycles. The van der Waals surface area contributed by atoms with Crippen LogP contribution in [0.4, 0.5) is 0 Å². The van der Waals surface area contributed by atoms with Crippen molar-refractivity contribution in [3.05, 3.63) is 64.1 Å². The van der Waals surface area contributed by atoms with Gasteiger partial charge >= 0.3 is 0 Å². The molecule has 0 spiro atoms. The molecule has 5 heteroatoms. The summed E-state index contributed by atoms with van der Waals surface area (Å²) in [6.07, 6.45) is 4.37. The minimum absolute atomic E-state index is 0.0111. The quantitative estimate of drug-likeness (QED) is 0.866. The molecule has 5 nitrogen and oxygen atoms in total. The van der Waals surface area contributed by atoms with E-state index < -0.39 is 0 Å². The molecule has 24 heavy (non-hydrogen) atoms. The number of para-hydroxylation sites is 1. The van der Waals surface area contributed by atoms with E-state index in [9.17, 15) is 9.59 Å². The maximum absolute atomic E-state index is 12.8. The Kier molecular flexibility index (Phi) is 4.69. The van der Waals surface area contributed by atoms with Gasteiger partial charge in [0.2, 0.25) is 5.56 Å².